The Morgan fingerprint density at radius 1 is 1.03 bits per heavy atom. The number of hydrogen-bond acceptors (Lipinski definition) is 4. The summed E-state index contributed by atoms with van der Waals surface area (Å²) in [5.74, 6) is -0.0949. The molecule has 1 rings (SSSR count). The first-order chi connectivity index (χ1) is 14.0. The Balaban J connectivity index is 2.29. The molecule has 30 heavy (non-hydrogen) atoms. The molecule has 1 saturated heterocycles. The van der Waals surface area contributed by atoms with Crippen molar-refractivity contribution in [3.8, 4) is 0 Å². The predicted octanol–water partition coefficient (Wildman–Crippen LogP) is 4.37. The highest BCUT2D eigenvalue weighted by molar-refractivity contribution is 7.91. The van der Waals surface area contributed by atoms with E-state index in [0.717, 1.165) is 19.3 Å². The van der Waals surface area contributed by atoms with Gasteiger partial charge < -0.3 is 16.0 Å². The number of amides is 1. The highest BCUT2D eigenvalue weighted by Crippen LogP contribution is 2.29. The normalized spacial score (nSPS) is 19.3. The number of thiocarbonyl (C=S) groups is 1. The van der Waals surface area contributed by atoms with Gasteiger partial charge in [0.1, 0.15) is 6.17 Å². The first kappa shape index (κ1) is 28.0. The minimum absolute atomic E-state index is 0.0121. The van der Waals surface area contributed by atoms with Crippen molar-refractivity contribution in [2.75, 3.05) is 11.5 Å². The maximum atomic E-state index is 12.2. The Hall–Kier alpha value is -0.0200. The number of unbranched alkanes of at least 4 members (excludes halogenated alkanes) is 8. The van der Waals surface area contributed by atoms with E-state index in [1.165, 1.54) is 38.5 Å². The number of rotatable bonds is 13. The minimum Gasteiger partial charge on any atom is -0.359 e. The lowest BCUT2D eigenvalue weighted by Crippen LogP contribution is -2.58. The Morgan fingerprint density at radius 2 is 1.60 bits per heavy atom. The Kier molecular flexibility index (Phi) is 13.3. The summed E-state index contributed by atoms with van der Waals surface area (Å²) in [5, 5.41) is 8.48. The van der Waals surface area contributed by atoms with Crippen molar-refractivity contribution in [2.24, 2.45) is 0 Å². The number of hydrogen-bond donors (Lipinski definition) is 3. The molecule has 0 aromatic rings. The summed E-state index contributed by atoms with van der Waals surface area (Å²) in [6.45, 7) is 2.21. The second kappa shape index (κ2) is 14.2. The lowest BCUT2D eigenvalue weighted by molar-refractivity contribution is -0.122. The largest absolute Gasteiger partial charge is 0.359 e. The van der Waals surface area contributed by atoms with Crippen molar-refractivity contribution in [2.45, 2.75) is 93.6 Å². The van der Waals surface area contributed by atoms with Crippen LogP contribution in [0.1, 0.15) is 77.6 Å². The van der Waals surface area contributed by atoms with Gasteiger partial charge in [-0.15, -0.1) is 0 Å². The number of alkyl halides is 3. The SMILES string of the molecule is CCCCCCCCCCCC(=O)N[C@@H](NC(=S)N[C@@H]1CCS(=O)(=O)C1)C(Cl)(Cl)Cl. The molecule has 1 aliphatic rings. The van der Waals surface area contributed by atoms with Crippen molar-refractivity contribution in [3.63, 3.8) is 0 Å². The van der Waals surface area contributed by atoms with Crippen LogP contribution in [0.2, 0.25) is 0 Å². The van der Waals surface area contributed by atoms with Gasteiger partial charge in [0, 0.05) is 12.5 Å². The summed E-state index contributed by atoms with van der Waals surface area (Å²) in [6.07, 6.45) is 10.3. The third kappa shape index (κ3) is 12.7. The summed E-state index contributed by atoms with van der Waals surface area (Å²) < 4.78 is 21.3. The minimum atomic E-state index is -3.04. The topological polar surface area (TPSA) is 87.3 Å². The molecule has 3 N–H and O–H groups in total. The molecular weight excluding hydrogens is 489 g/mol. The number of halogens is 3. The zero-order valence-corrected chi connectivity index (χ0v) is 21.4. The van der Waals surface area contributed by atoms with Gasteiger partial charge in [0.15, 0.2) is 14.9 Å². The highest BCUT2D eigenvalue weighted by Gasteiger charge is 2.35. The van der Waals surface area contributed by atoms with Crippen LogP contribution >= 0.6 is 47.0 Å². The lowest BCUT2D eigenvalue weighted by atomic mass is 10.1. The van der Waals surface area contributed by atoms with Gasteiger partial charge in [-0.2, -0.15) is 0 Å². The smallest absolute Gasteiger partial charge is 0.228 e. The van der Waals surface area contributed by atoms with E-state index in [4.69, 9.17) is 47.0 Å². The molecule has 0 aliphatic carbocycles. The second-order valence-electron chi connectivity index (χ2n) is 7.84. The van der Waals surface area contributed by atoms with Crippen LogP contribution in [0.15, 0.2) is 0 Å². The Morgan fingerprint density at radius 3 is 2.10 bits per heavy atom. The fourth-order valence-corrected chi connectivity index (χ4v) is 5.58. The van der Waals surface area contributed by atoms with Crippen molar-refractivity contribution >= 4 is 67.9 Å². The van der Waals surface area contributed by atoms with Crippen LogP contribution < -0.4 is 16.0 Å². The average Bonchev–Trinajstić information content (AvgIpc) is 2.97. The van der Waals surface area contributed by atoms with Gasteiger partial charge in [0.05, 0.1) is 11.5 Å². The molecule has 0 aromatic heterocycles. The number of sulfone groups is 1. The maximum absolute atomic E-state index is 12.2. The van der Waals surface area contributed by atoms with Crippen LogP contribution in [0, 0.1) is 0 Å². The molecule has 0 unspecified atom stereocenters. The van der Waals surface area contributed by atoms with E-state index in [0.29, 0.717) is 12.8 Å². The molecule has 0 saturated carbocycles. The van der Waals surface area contributed by atoms with Crippen molar-refractivity contribution in [1.29, 1.82) is 0 Å². The van der Waals surface area contributed by atoms with Gasteiger partial charge in [-0.3, -0.25) is 4.79 Å². The monoisotopic (exact) mass is 521 g/mol. The lowest BCUT2D eigenvalue weighted by Gasteiger charge is -2.28. The van der Waals surface area contributed by atoms with Gasteiger partial charge in [-0.1, -0.05) is 93.1 Å². The maximum Gasteiger partial charge on any atom is 0.228 e. The fourth-order valence-electron chi connectivity index (χ4n) is 3.30. The second-order valence-corrected chi connectivity index (χ2v) is 12.8. The van der Waals surface area contributed by atoms with Gasteiger partial charge in [0.25, 0.3) is 0 Å². The first-order valence-electron chi connectivity index (χ1n) is 10.7. The standard InChI is InChI=1S/C19H34Cl3N3O3S2/c1-2-3-4-5-6-7-8-9-10-11-16(26)24-17(19(20,21)22)25-18(29)23-15-12-13-30(27,28)14-15/h15,17H,2-14H2,1H3,(H,24,26)(H2,23,25,29)/t15-,17+/m1/s1. The van der Waals surface area contributed by atoms with E-state index >= 15 is 0 Å². The molecule has 11 heteroatoms. The summed E-state index contributed by atoms with van der Waals surface area (Å²) in [5.41, 5.74) is 0. The van der Waals surface area contributed by atoms with E-state index < -0.39 is 19.8 Å². The molecule has 0 spiro atoms. The molecule has 6 nitrogen and oxygen atoms in total. The Labute approximate surface area is 201 Å². The number of nitrogens with one attached hydrogen (secondary N) is 3. The van der Waals surface area contributed by atoms with Gasteiger partial charge in [-0.05, 0) is 25.1 Å². The molecule has 0 bridgehead atoms. The van der Waals surface area contributed by atoms with Crippen LogP contribution in [0.25, 0.3) is 0 Å². The van der Waals surface area contributed by atoms with E-state index in [-0.39, 0.29) is 28.6 Å². The molecule has 1 fully saturated rings. The molecule has 1 aliphatic heterocycles. The van der Waals surface area contributed by atoms with Crippen LogP contribution in [-0.4, -0.2) is 46.9 Å². The van der Waals surface area contributed by atoms with Crippen LogP contribution in [0.3, 0.4) is 0 Å². The molecule has 1 heterocycles. The zero-order chi connectivity index (χ0) is 22.6. The van der Waals surface area contributed by atoms with Crippen molar-refractivity contribution < 1.29 is 13.2 Å². The van der Waals surface area contributed by atoms with Crippen LogP contribution in [0.5, 0.6) is 0 Å². The molecule has 2 atom stereocenters. The third-order valence-corrected chi connectivity index (χ3v) is 7.64. The number of carbonyl (C=O) groups is 1. The van der Waals surface area contributed by atoms with Crippen LogP contribution in [-0.2, 0) is 14.6 Å². The molecule has 0 radical (unpaired) electrons. The molecular formula is C19H34Cl3N3O3S2. The van der Waals surface area contributed by atoms with E-state index in [9.17, 15) is 13.2 Å². The third-order valence-electron chi connectivity index (χ3n) is 4.98. The summed E-state index contributed by atoms with van der Waals surface area (Å²) in [4.78, 5) is 12.2. The molecule has 0 aromatic carbocycles. The quantitative estimate of drug-likeness (QED) is 0.144. The van der Waals surface area contributed by atoms with Crippen molar-refractivity contribution in [3.05, 3.63) is 0 Å². The van der Waals surface area contributed by atoms with E-state index in [1.54, 1.807) is 0 Å². The highest BCUT2D eigenvalue weighted by atomic mass is 35.6. The Bertz CT molecular complexity index is 643. The van der Waals surface area contributed by atoms with Gasteiger partial charge >= 0.3 is 0 Å². The zero-order valence-electron chi connectivity index (χ0n) is 17.5. The summed E-state index contributed by atoms with van der Waals surface area (Å²) in [6, 6.07) is -0.288. The molecule has 1 amide bonds. The number of carbonyl (C=O) groups excluding carboxylic acids is 1. The van der Waals surface area contributed by atoms with Gasteiger partial charge in [0.2, 0.25) is 9.70 Å². The van der Waals surface area contributed by atoms with Crippen LogP contribution in [0.4, 0.5) is 0 Å². The summed E-state index contributed by atoms with van der Waals surface area (Å²) >= 11 is 23.1. The first-order valence-corrected chi connectivity index (χ1v) is 14.0. The van der Waals surface area contributed by atoms with Crippen molar-refractivity contribution in [1.82, 2.24) is 16.0 Å². The fraction of sp³-hybridized carbons (Fsp3) is 0.895. The van der Waals surface area contributed by atoms with E-state index in [1.807, 2.05) is 0 Å². The molecule has 176 valence electrons. The summed E-state index contributed by atoms with van der Waals surface area (Å²) in [7, 11) is -3.04. The predicted molar refractivity (Wildman–Crippen MR) is 130 cm³/mol. The van der Waals surface area contributed by atoms with Gasteiger partial charge in [-0.25, -0.2) is 8.42 Å². The van der Waals surface area contributed by atoms with E-state index in [2.05, 4.69) is 22.9 Å². The average molecular weight is 523 g/mol.